The minimum Gasteiger partial charge on any atom is -0.382 e. The van der Waals surface area contributed by atoms with Crippen LogP contribution in [-0.2, 0) is 13.6 Å². The Hall–Kier alpha value is -4.13. The van der Waals surface area contributed by atoms with Gasteiger partial charge < -0.3 is 15.0 Å². The van der Waals surface area contributed by atoms with E-state index in [4.69, 9.17) is 5.11 Å². The molecule has 1 atom stereocenters. The molecule has 2 N–H and O–H groups in total. The number of halogens is 4. The molecule has 0 saturated carbocycles. The zero-order valence-corrected chi connectivity index (χ0v) is 18.1. The number of carbonyl (C=O) groups excluding carboxylic acids is 1. The van der Waals surface area contributed by atoms with Crippen LogP contribution >= 0.6 is 0 Å². The Kier molecular flexibility index (Phi) is 6.35. The highest BCUT2D eigenvalue weighted by atomic mass is 19.4. The van der Waals surface area contributed by atoms with Gasteiger partial charge in [0.25, 0.3) is 11.5 Å². The number of aromatic nitrogens is 5. The van der Waals surface area contributed by atoms with Crippen LogP contribution in [0, 0.1) is 5.82 Å². The molecule has 3 heterocycles. The van der Waals surface area contributed by atoms with Crippen molar-refractivity contribution in [3.63, 3.8) is 0 Å². The minimum absolute atomic E-state index is 0.127. The molecule has 1 unspecified atom stereocenters. The first-order valence-corrected chi connectivity index (χ1v) is 10.2. The lowest BCUT2D eigenvalue weighted by Gasteiger charge is -2.16. The molecular weight excluding hydrogens is 472 g/mol. The van der Waals surface area contributed by atoms with Gasteiger partial charge in [0, 0.05) is 43.0 Å². The molecular formula is C22H18F4N6O3. The molecule has 35 heavy (non-hydrogen) atoms. The van der Waals surface area contributed by atoms with E-state index in [9.17, 15) is 27.2 Å². The third kappa shape index (κ3) is 5.04. The number of alkyl halides is 3. The van der Waals surface area contributed by atoms with E-state index in [1.165, 1.54) is 24.5 Å². The second kappa shape index (κ2) is 9.25. The van der Waals surface area contributed by atoms with Crippen molar-refractivity contribution < 1.29 is 27.5 Å². The number of aliphatic hydroxyl groups excluding tert-OH is 1. The van der Waals surface area contributed by atoms with Gasteiger partial charge >= 0.3 is 6.18 Å². The van der Waals surface area contributed by atoms with Gasteiger partial charge in [-0.1, -0.05) is 12.1 Å². The smallest absolute Gasteiger partial charge is 0.382 e. The molecule has 0 aliphatic carbocycles. The number of nitrogens with one attached hydrogen (secondary N) is 1. The number of fused-ring (bicyclic) bond motifs is 1. The molecule has 0 radical (unpaired) electrons. The fourth-order valence-electron chi connectivity index (χ4n) is 3.40. The van der Waals surface area contributed by atoms with Crippen LogP contribution in [0.1, 0.15) is 15.9 Å². The van der Waals surface area contributed by atoms with Gasteiger partial charge in [0.05, 0.1) is 24.8 Å². The maximum absolute atomic E-state index is 14.9. The topological polar surface area (TPSA) is 115 Å². The molecule has 0 aliphatic rings. The summed E-state index contributed by atoms with van der Waals surface area (Å²) in [6, 6.07) is 4.41. The van der Waals surface area contributed by atoms with Crippen LogP contribution in [0.25, 0.3) is 22.2 Å². The quantitative estimate of drug-likeness (QED) is 0.400. The molecule has 1 aromatic carbocycles. The lowest BCUT2D eigenvalue weighted by molar-refractivity contribution is -0.201. The fourth-order valence-corrected chi connectivity index (χ4v) is 3.40. The third-order valence-corrected chi connectivity index (χ3v) is 5.21. The molecule has 9 nitrogen and oxygen atoms in total. The van der Waals surface area contributed by atoms with E-state index in [-0.39, 0.29) is 28.7 Å². The van der Waals surface area contributed by atoms with Crippen LogP contribution in [0.2, 0.25) is 0 Å². The summed E-state index contributed by atoms with van der Waals surface area (Å²) < 4.78 is 55.2. The van der Waals surface area contributed by atoms with Crippen molar-refractivity contribution in [1.29, 1.82) is 0 Å². The van der Waals surface area contributed by atoms with E-state index in [2.05, 4.69) is 15.1 Å². The zero-order chi connectivity index (χ0) is 25.3. The number of nitrogens with zero attached hydrogens (tertiary/aromatic N) is 5. The Labute approximate surface area is 194 Å². The van der Waals surface area contributed by atoms with Gasteiger partial charge in [-0.3, -0.25) is 19.3 Å². The summed E-state index contributed by atoms with van der Waals surface area (Å²) in [5, 5.41) is 15.2. The lowest BCUT2D eigenvalue weighted by Crippen LogP contribution is -2.41. The van der Waals surface area contributed by atoms with Crippen molar-refractivity contribution in [2.45, 2.75) is 18.8 Å². The van der Waals surface area contributed by atoms with Gasteiger partial charge in [0.1, 0.15) is 11.3 Å². The SMILES string of the molecule is Cn1cc(-c2ccc(Cn3cc(C(=O)NCC(O)C(F)(F)F)c4nccnc4c3=O)c(F)c2)cn1. The van der Waals surface area contributed by atoms with E-state index in [1.54, 1.807) is 30.2 Å². The van der Waals surface area contributed by atoms with Gasteiger partial charge in [0.2, 0.25) is 0 Å². The standard InChI is InChI=1S/C22H18F4N6O3/c1-31-9-14(7-30-31)12-2-3-13(16(23)6-12)10-32-11-15(18-19(21(32)35)28-5-4-27-18)20(34)29-8-17(33)22(24,25)26/h2-7,9,11,17,33H,8,10H2,1H3,(H,29,34). The molecule has 0 saturated heterocycles. The Balaban J connectivity index is 1.68. The van der Waals surface area contributed by atoms with E-state index < -0.39 is 36.1 Å². The number of rotatable bonds is 6. The van der Waals surface area contributed by atoms with Crippen LogP contribution in [0.4, 0.5) is 17.6 Å². The van der Waals surface area contributed by atoms with Crippen LogP contribution in [-0.4, -0.2) is 54.2 Å². The predicted octanol–water partition coefficient (Wildman–Crippen LogP) is 2.03. The first-order chi connectivity index (χ1) is 16.5. The number of aryl methyl sites for hydroxylation is 1. The van der Waals surface area contributed by atoms with Crippen LogP contribution < -0.4 is 10.9 Å². The van der Waals surface area contributed by atoms with Crippen LogP contribution in [0.15, 0.2) is 54.0 Å². The summed E-state index contributed by atoms with van der Waals surface area (Å²) >= 11 is 0. The highest BCUT2D eigenvalue weighted by Crippen LogP contribution is 2.22. The van der Waals surface area contributed by atoms with Gasteiger partial charge in [-0.05, 0) is 11.6 Å². The first kappa shape index (κ1) is 24.0. The molecule has 1 amide bonds. The maximum Gasteiger partial charge on any atom is 0.416 e. The molecule has 0 spiro atoms. The molecule has 182 valence electrons. The summed E-state index contributed by atoms with van der Waals surface area (Å²) in [5.74, 6) is -1.63. The number of carbonyl (C=O) groups is 1. The van der Waals surface area contributed by atoms with E-state index in [0.29, 0.717) is 11.1 Å². The van der Waals surface area contributed by atoms with Crippen LogP contribution in [0.3, 0.4) is 0 Å². The maximum atomic E-state index is 14.9. The molecule has 0 fully saturated rings. The second-order valence-electron chi connectivity index (χ2n) is 7.71. The highest BCUT2D eigenvalue weighted by Gasteiger charge is 2.38. The number of hydrogen-bond donors (Lipinski definition) is 2. The molecule has 4 rings (SSSR count). The normalized spacial score (nSPS) is 12.6. The number of benzene rings is 1. The van der Waals surface area contributed by atoms with Gasteiger partial charge in [-0.15, -0.1) is 0 Å². The number of pyridine rings is 1. The first-order valence-electron chi connectivity index (χ1n) is 10.2. The molecule has 3 aromatic heterocycles. The number of hydrogen-bond acceptors (Lipinski definition) is 6. The Morgan fingerprint density at radius 1 is 1.14 bits per heavy atom. The van der Waals surface area contributed by atoms with Gasteiger partial charge in [-0.25, -0.2) is 9.37 Å². The average molecular weight is 490 g/mol. The summed E-state index contributed by atoms with van der Waals surface area (Å²) in [4.78, 5) is 33.4. The third-order valence-electron chi connectivity index (χ3n) is 5.21. The van der Waals surface area contributed by atoms with Crippen molar-refractivity contribution in [3.8, 4) is 11.1 Å². The van der Waals surface area contributed by atoms with Gasteiger partial charge in [0.15, 0.2) is 11.6 Å². The average Bonchev–Trinajstić information content (AvgIpc) is 3.25. The van der Waals surface area contributed by atoms with Gasteiger partial charge in [-0.2, -0.15) is 18.3 Å². The summed E-state index contributed by atoms with van der Waals surface area (Å²) in [6.45, 7) is -1.39. The van der Waals surface area contributed by atoms with Crippen molar-refractivity contribution in [3.05, 3.63) is 76.5 Å². The van der Waals surface area contributed by atoms with Crippen molar-refractivity contribution >= 4 is 16.9 Å². The van der Waals surface area contributed by atoms with Crippen molar-refractivity contribution in [2.75, 3.05) is 6.54 Å². The number of aliphatic hydroxyl groups is 1. The summed E-state index contributed by atoms with van der Waals surface area (Å²) in [7, 11) is 1.72. The highest BCUT2D eigenvalue weighted by molar-refractivity contribution is 6.04. The monoisotopic (exact) mass is 490 g/mol. The molecule has 13 heteroatoms. The largest absolute Gasteiger partial charge is 0.416 e. The molecule has 0 aliphatic heterocycles. The van der Waals surface area contributed by atoms with Crippen molar-refractivity contribution in [2.24, 2.45) is 7.05 Å². The van der Waals surface area contributed by atoms with E-state index in [0.717, 1.165) is 10.8 Å². The Bertz CT molecular complexity index is 1460. The van der Waals surface area contributed by atoms with E-state index >= 15 is 0 Å². The van der Waals surface area contributed by atoms with Crippen molar-refractivity contribution in [1.82, 2.24) is 29.6 Å². The summed E-state index contributed by atoms with van der Waals surface area (Å²) in [5.41, 5.74) is 0.103. The molecule has 4 aromatic rings. The second-order valence-corrected chi connectivity index (χ2v) is 7.71. The lowest BCUT2D eigenvalue weighted by atomic mass is 10.1. The van der Waals surface area contributed by atoms with E-state index in [1.807, 2.05) is 5.32 Å². The summed E-state index contributed by atoms with van der Waals surface area (Å²) in [6.07, 6.45) is -0.918. The molecule has 0 bridgehead atoms. The number of amides is 1. The Morgan fingerprint density at radius 2 is 1.86 bits per heavy atom. The minimum atomic E-state index is -4.92. The predicted molar refractivity (Wildman–Crippen MR) is 116 cm³/mol. The van der Waals surface area contributed by atoms with Crippen LogP contribution in [0.5, 0.6) is 0 Å². The zero-order valence-electron chi connectivity index (χ0n) is 18.1. The fraction of sp³-hybridized carbons (Fsp3) is 0.227. The Morgan fingerprint density at radius 3 is 2.49 bits per heavy atom.